The first-order valence-electron chi connectivity index (χ1n) is 11.1. The molecule has 3 aliphatic rings. The predicted molar refractivity (Wildman–Crippen MR) is 119 cm³/mol. The lowest BCUT2D eigenvalue weighted by atomic mass is 9.70. The van der Waals surface area contributed by atoms with Gasteiger partial charge in [0.05, 0.1) is 30.2 Å². The summed E-state index contributed by atoms with van der Waals surface area (Å²) in [5.74, 6) is 0.0577. The van der Waals surface area contributed by atoms with E-state index in [2.05, 4.69) is 10.5 Å². The molecule has 3 fully saturated rings. The predicted octanol–water partition coefficient (Wildman–Crippen LogP) is 4.10. The Morgan fingerprint density at radius 1 is 1.29 bits per heavy atom. The van der Waals surface area contributed by atoms with Gasteiger partial charge >= 0.3 is 12.3 Å². The largest absolute Gasteiger partial charge is 0.437 e. The van der Waals surface area contributed by atoms with Gasteiger partial charge in [0.15, 0.2) is 0 Å². The molecule has 34 heavy (non-hydrogen) atoms. The lowest BCUT2D eigenvalue weighted by Crippen LogP contribution is -2.49. The van der Waals surface area contributed by atoms with Crippen molar-refractivity contribution in [3.8, 4) is 0 Å². The quantitative estimate of drug-likeness (QED) is 0.482. The summed E-state index contributed by atoms with van der Waals surface area (Å²) in [6.45, 7) is 5.32. The molecule has 1 aromatic rings. The molecular weight excluding hydrogens is 475 g/mol. The van der Waals surface area contributed by atoms with E-state index in [1.54, 1.807) is 0 Å². The van der Waals surface area contributed by atoms with Crippen molar-refractivity contribution in [3.63, 3.8) is 0 Å². The maximum atomic E-state index is 13.3. The number of ether oxygens (including phenoxy) is 1. The van der Waals surface area contributed by atoms with Crippen LogP contribution < -0.4 is 5.32 Å². The third kappa shape index (κ3) is 4.55. The topological polar surface area (TPSA) is 97.3 Å². The van der Waals surface area contributed by atoms with E-state index in [1.165, 1.54) is 16.4 Å². The average molecular weight is 504 g/mol. The molecule has 4 rings (SSSR count). The molecule has 12 heteroatoms. The molecule has 188 valence electrons. The number of amides is 1. The Hall–Kier alpha value is -2.18. The number of alkyl halides is 3. The Morgan fingerprint density at radius 3 is 2.65 bits per heavy atom. The molecule has 1 saturated heterocycles. The van der Waals surface area contributed by atoms with E-state index in [1.807, 2.05) is 13.8 Å². The van der Waals surface area contributed by atoms with Crippen LogP contribution in [0.25, 0.3) is 0 Å². The fourth-order valence-corrected chi connectivity index (χ4v) is 7.69. The van der Waals surface area contributed by atoms with Gasteiger partial charge in [-0.15, -0.1) is 0 Å². The van der Waals surface area contributed by atoms with Gasteiger partial charge in [-0.2, -0.15) is 17.5 Å². The van der Waals surface area contributed by atoms with Gasteiger partial charge in [-0.1, -0.05) is 25.1 Å². The number of oxime groups is 1. The number of carbonyl (C=O) groups is 1. The van der Waals surface area contributed by atoms with Crippen molar-refractivity contribution in [2.45, 2.75) is 39.3 Å². The number of hydrogen-bond acceptors (Lipinski definition) is 6. The summed E-state index contributed by atoms with van der Waals surface area (Å²) < 4.78 is 71.9. The Balaban J connectivity index is 1.51. The molecule has 1 N–H and O–H groups in total. The number of sulfonamides is 1. The molecule has 0 spiro atoms. The standard InChI is InChI=1S/C22H28F3N3O5S/c1-20(2)15-6-7-21(20,14-34(30,31)28-8-10-32-11-9-28)18(13-15)27-33-19(29)26-17-5-3-4-16(12-17)22(23,24)25/h3-5,12,15H,6-11,13-14H2,1-2H3,(H,26,29). The monoisotopic (exact) mass is 503 g/mol. The summed E-state index contributed by atoms with van der Waals surface area (Å²) in [7, 11) is -3.61. The van der Waals surface area contributed by atoms with Crippen molar-refractivity contribution in [2.24, 2.45) is 21.9 Å². The maximum Gasteiger partial charge on any atom is 0.437 e. The van der Waals surface area contributed by atoms with Crippen LogP contribution in [0.2, 0.25) is 0 Å². The normalized spacial score (nSPS) is 28.3. The smallest absolute Gasteiger partial charge is 0.379 e. The number of nitrogens with zero attached hydrogens (tertiary/aromatic N) is 2. The number of carbonyl (C=O) groups excluding carboxylic acids is 1. The van der Waals surface area contributed by atoms with Crippen molar-refractivity contribution in [2.75, 3.05) is 37.4 Å². The molecule has 2 atom stereocenters. The molecule has 2 aliphatic carbocycles. The summed E-state index contributed by atoms with van der Waals surface area (Å²) in [4.78, 5) is 17.3. The number of benzene rings is 1. The molecule has 2 saturated carbocycles. The Kier molecular flexibility index (Phi) is 6.45. The average Bonchev–Trinajstić information content (AvgIpc) is 3.12. The number of anilines is 1. The van der Waals surface area contributed by atoms with Gasteiger partial charge in [0.2, 0.25) is 10.0 Å². The van der Waals surface area contributed by atoms with Crippen molar-refractivity contribution in [1.82, 2.24) is 4.31 Å². The maximum absolute atomic E-state index is 13.3. The van der Waals surface area contributed by atoms with Gasteiger partial charge in [-0.05, 0) is 48.8 Å². The molecule has 0 aromatic heterocycles. The van der Waals surface area contributed by atoms with Crippen LogP contribution in [-0.2, 0) is 25.8 Å². The zero-order valence-corrected chi connectivity index (χ0v) is 19.8. The molecule has 2 unspecified atom stereocenters. The molecule has 2 bridgehead atoms. The van der Waals surface area contributed by atoms with Crippen LogP contribution in [0.4, 0.5) is 23.7 Å². The van der Waals surface area contributed by atoms with Crippen molar-refractivity contribution in [3.05, 3.63) is 29.8 Å². The second-order valence-corrected chi connectivity index (χ2v) is 11.6. The van der Waals surface area contributed by atoms with Gasteiger partial charge in [0.25, 0.3) is 0 Å². The Bertz CT molecular complexity index is 1080. The van der Waals surface area contributed by atoms with Crippen molar-refractivity contribution >= 4 is 27.5 Å². The molecule has 1 heterocycles. The zero-order valence-electron chi connectivity index (χ0n) is 19.0. The van der Waals surface area contributed by atoms with Crippen LogP contribution in [-0.4, -0.2) is 56.6 Å². The number of fused-ring (bicyclic) bond motifs is 2. The van der Waals surface area contributed by atoms with Crippen LogP contribution in [0.3, 0.4) is 0 Å². The van der Waals surface area contributed by atoms with Gasteiger partial charge in [0, 0.05) is 24.2 Å². The van der Waals surface area contributed by atoms with Gasteiger partial charge in [0.1, 0.15) is 0 Å². The number of halogens is 3. The van der Waals surface area contributed by atoms with Crippen LogP contribution in [0.5, 0.6) is 0 Å². The summed E-state index contributed by atoms with van der Waals surface area (Å²) >= 11 is 0. The highest BCUT2D eigenvalue weighted by molar-refractivity contribution is 7.89. The third-order valence-electron chi connectivity index (χ3n) is 7.63. The minimum Gasteiger partial charge on any atom is -0.379 e. The molecule has 0 radical (unpaired) electrons. The SMILES string of the molecule is CC1(C)C2CCC1(CS(=O)(=O)N1CCOCC1)C(=NOC(=O)Nc1cccc(C(F)(F)F)c1)C2. The molecule has 1 aromatic carbocycles. The summed E-state index contributed by atoms with van der Waals surface area (Å²) in [6, 6.07) is 4.17. The van der Waals surface area contributed by atoms with E-state index in [0.29, 0.717) is 44.9 Å². The Labute approximate surface area is 196 Å². The number of morpholine rings is 1. The zero-order chi connectivity index (χ0) is 24.8. The number of hydrogen-bond donors (Lipinski definition) is 1. The first kappa shape index (κ1) is 24.9. The highest BCUT2D eigenvalue weighted by Gasteiger charge is 2.64. The van der Waals surface area contributed by atoms with E-state index >= 15 is 0 Å². The van der Waals surface area contributed by atoms with E-state index in [-0.39, 0.29) is 22.8 Å². The van der Waals surface area contributed by atoms with E-state index in [4.69, 9.17) is 9.57 Å². The second-order valence-electron chi connectivity index (χ2n) is 9.63. The van der Waals surface area contributed by atoms with Gasteiger partial charge in [-0.3, -0.25) is 10.2 Å². The van der Waals surface area contributed by atoms with Gasteiger partial charge < -0.3 is 4.74 Å². The number of rotatable bonds is 5. The number of nitrogens with one attached hydrogen (secondary N) is 1. The highest BCUT2D eigenvalue weighted by Crippen LogP contribution is 2.64. The fraction of sp³-hybridized carbons (Fsp3) is 0.636. The van der Waals surface area contributed by atoms with Crippen molar-refractivity contribution in [1.29, 1.82) is 0 Å². The first-order valence-corrected chi connectivity index (χ1v) is 12.7. The molecular formula is C22H28F3N3O5S. The van der Waals surface area contributed by atoms with E-state index in [0.717, 1.165) is 18.6 Å². The summed E-state index contributed by atoms with van der Waals surface area (Å²) in [5.41, 5.74) is -1.64. The second kappa shape index (κ2) is 8.80. The van der Waals surface area contributed by atoms with Crippen LogP contribution in [0.1, 0.15) is 38.7 Å². The third-order valence-corrected chi connectivity index (χ3v) is 9.64. The lowest BCUT2D eigenvalue weighted by molar-refractivity contribution is -0.137. The minimum absolute atomic E-state index is 0.0853. The van der Waals surface area contributed by atoms with Crippen LogP contribution >= 0.6 is 0 Å². The minimum atomic E-state index is -4.55. The summed E-state index contributed by atoms with van der Waals surface area (Å²) in [5, 5.41) is 6.29. The Morgan fingerprint density at radius 2 is 2.00 bits per heavy atom. The van der Waals surface area contributed by atoms with Crippen LogP contribution in [0, 0.1) is 16.7 Å². The molecule has 1 amide bonds. The molecule has 8 nitrogen and oxygen atoms in total. The first-order chi connectivity index (χ1) is 15.8. The fourth-order valence-electron chi connectivity index (χ4n) is 5.50. The lowest BCUT2D eigenvalue weighted by Gasteiger charge is -2.39. The molecule has 1 aliphatic heterocycles. The van der Waals surface area contributed by atoms with E-state index in [9.17, 15) is 26.4 Å². The van der Waals surface area contributed by atoms with E-state index < -0.39 is 33.3 Å². The highest BCUT2D eigenvalue weighted by atomic mass is 32.2. The van der Waals surface area contributed by atoms with Crippen molar-refractivity contribution < 1.29 is 36.0 Å². The van der Waals surface area contributed by atoms with Gasteiger partial charge in [-0.25, -0.2) is 13.2 Å². The summed E-state index contributed by atoms with van der Waals surface area (Å²) in [6.07, 6.45) is -3.64. The van der Waals surface area contributed by atoms with Crippen LogP contribution in [0.15, 0.2) is 29.4 Å².